The Bertz CT molecular complexity index is 1280. The van der Waals surface area contributed by atoms with Crippen molar-refractivity contribution in [2.45, 2.75) is 27.2 Å². The number of hydrogen-bond acceptors (Lipinski definition) is 6. The smallest absolute Gasteiger partial charge is 0.341 e. The first-order valence-corrected chi connectivity index (χ1v) is 11.8. The van der Waals surface area contributed by atoms with Crippen molar-refractivity contribution in [2.24, 2.45) is 0 Å². The van der Waals surface area contributed by atoms with Crippen LogP contribution >= 0.6 is 11.3 Å². The third-order valence-corrected chi connectivity index (χ3v) is 6.68. The van der Waals surface area contributed by atoms with Crippen molar-refractivity contribution in [3.63, 3.8) is 0 Å². The topological polar surface area (TPSA) is 92.8 Å². The fourth-order valence-corrected chi connectivity index (χ4v) is 4.80. The molecule has 1 N–H and O–H groups in total. The molecule has 0 saturated carbocycles. The predicted molar refractivity (Wildman–Crippen MR) is 130 cm³/mol. The highest BCUT2D eigenvalue weighted by atomic mass is 32.1. The molecule has 2 aromatic carbocycles. The van der Waals surface area contributed by atoms with Gasteiger partial charge in [-0.3, -0.25) is 19.3 Å². The van der Waals surface area contributed by atoms with Crippen LogP contribution in [0.2, 0.25) is 0 Å². The predicted octanol–water partition coefficient (Wildman–Crippen LogP) is 4.83. The molecule has 0 saturated heterocycles. The summed E-state index contributed by atoms with van der Waals surface area (Å²) in [5, 5.41) is 4.96. The maximum absolute atomic E-state index is 12.8. The number of nitrogens with zero attached hydrogens (tertiary/aromatic N) is 1. The number of rotatable bonds is 7. The molecule has 8 heteroatoms. The van der Waals surface area contributed by atoms with E-state index >= 15 is 0 Å². The normalized spacial score (nSPS) is 12.6. The Morgan fingerprint density at radius 1 is 0.971 bits per heavy atom. The Kier molecular flexibility index (Phi) is 6.61. The van der Waals surface area contributed by atoms with Crippen LogP contribution in [-0.2, 0) is 9.53 Å². The van der Waals surface area contributed by atoms with Crippen LogP contribution in [0.5, 0.6) is 0 Å². The lowest BCUT2D eigenvalue weighted by Crippen LogP contribution is -2.32. The van der Waals surface area contributed by atoms with E-state index in [4.69, 9.17) is 4.74 Å². The molecule has 0 spiro atoms. The number of amides is 3. The van der Waals surface area contributed by atoms with Gasteiger partial charge < -0.3 is 10.1 Å². The summed E-state index contributed by atoms with van der Waals surface area (Å²) in [6.07, 6.45) is -0.0927. The second-order valence-electron chi connectivity index (χ2n) is 7.98. The summed E-state index contributed by atoms with van der Waals surface area (Å²) in [5.74, 6) is -1.74. The number of carbonyl (C=O) groups excluding carboxylic acids is 4. The highest BCUT2D eigenvalue weighted by molar-refractivity contribution is 7.15. The van der Waals surface area contributed by atoms with E-state index in [0.29, 0.717) is 27.3 Å². The van der Waals surface area contributed by atoms with E-state index in [9.17, 15) is 19.2 Å². The summed E-state index contributed by atoms with van der Waals surface area (Å²) >= 11 is 1.23. The van der Waals surface area contributed by atoms with Gasteiger partial charge in [0.2, 0.25) is 5.91 Å². The third-order valence-electron chi connectivity index (χ3n) is 5.78. The van der Waals surface area contributed by atoms with Gasteiger partial charge in [0.15, 0.2) is 0 Å². The number of aryl methyl sites for hydroxylation is 2. The van der Waals surface area contributed by atoms with E-state index in [1.165, 1.54) is 11.3 Å². The molecule has 3 amide bonds. The Morgan fingerprint density at radius 2 is 1.65 bits per heavy atom. The Balaban J connectivity index is 1.52. The van der Waals surface area contributed by atoms with E-state index in [1.807, 2.05) is 37.4 Å². The molecule has 1 aromatic heterocycles. The van der Waals surface area contributed by atoms with Crippen molar-refractivity contribution < 1.29 is 23.9 Å². The molecule has 0 aliphatic carbocycles. The first-order chi connectivity index (χ1) is 16.3. The molecule has 4 rings (SSSR count). The standard InChI is InChI=1S/C26H24N2O5S/c1-4-33-26(32)22-20(17-10-9-15(2)16(3)13-17)14-34-23(22)27-21(29)11-12-28-24(30)18-7-5-6-8-19(18)25(28)31/h5-10,13-14H,4,11-12H2,1-3H3,(H,27,29). The zero-order chi connectivity index (χ0) is 24.4. The Labute approximate surface area is 201 Å². The van der Waals surface area contributed by atoms with Crippen LogP contribution in [0.4, 0.5) is 5.00 Å². The van der Waals surface area contributed by atoms with Crippen molar-refractivity contribution in [3.05, 3.63) is 75.7 Å². The van der Waals surface area contributed by atoms with Crippen LogP contribution in [0.3, 0.4) is 0 Å². The highest BCUT2D eigenvalue weighted by Gasteiger charge is 2.35. The van der Waals surface area contributed by atoms with Crippen molar-refractivity contribution in [3.8, 4) is 11.1 Å². The van der Waals surface area contributed by atoms with Crippen molar-refractivity contribution in [1.29, 1.82) is 0 Å². The van der Waals surface area contributed by atoms with Crippen LogP contribution < -0.4 is 5.32 Å². The van der Waals surface area contributed by atoms with Gasteiger partial charge in [-0.05, 0) is 49.6 Å². The molecule has 1 aliphatic heterocycles. The summed E-state index contributed by atoms with van der Waals surface area (Å²) in [4.78, 5) is 51.6. The number of fused-ring (bicyclic) bond motifs is 1. The lowest BCUT2D eigenvalue weighted by Gasteiger charge is -2.14. The molecule has 0 unspecified atom stereocenters. The van der Waals surface area contributed by atoms with Crippen molar-refractivity contribution >= 4 is 40.0 Å². The SMILES string of the molecule is CCOC(=O)c1c(-c2ccc(C)c(C)c2)csc1NC(=O)CCN1C(=O)c2ccccc2C1=O. The van der Waals surface area contributed by atoms with Gasteiger partial charge in [-0.25, -0.2) is 4.79 Å². The van der Waals surface area contributed by atoms with Gasteiger partial charge in [0.05, 0.1) is 17.7 Å². The number of anilines is 1. The molecule has 0 fully saturated rings. The molecule has 0 bridgehead atoms. The molecule has 34 heavy (non-hydrogen) atoms. The number of hydrogen-bond donors (Lipinski definition) is 1. The summed E-state index contributed by atoms with van der Waals surface area (Å²) in [6.45, 7) is 5.88. The van der Waals surface area contributed by atoms with Crippen LogP contribution in [-0.4, -0.2) is 41.7 Å². The van der Waals surface area contributed by atoms with E-state index in [-0.39, 0.29) is 19.6 Å². The maximum Gasteiger partial charge on any atom is 0.341 e. The average molecular weight is 477 g/mol. The molecule has 1 aliphatic rings. The number of nitrogens with one attached hydrogen (secondary N) is 1. The molecule has 3 aromatic rings. The second kappa shape index (κ2) is 9.61. The fourth-order valence-electron chi connectivity index (χ4n) is 3.82. The lowest BCUT2D eigenvalue weighted by molar-refractivity contribution is -0.116. The third kappa shape index (κ3) is 4.36. The van der Waals surface area contributed by atoms with Crippen LogP contribution in [0.25, 0.3) is 11.1 Å². The zero-order valence-corrected chi connectivity index (χ0v) is 20.0. The minimum atomic E-state index is -0.521. The monoisotopic (exact) mass is 476 g/mol. The van der Waals surface area contributed by atoms with Gasteiger partial charge in [-0.1, -0.05) is 30.3 Å². The van der Waals surface area contributed by atoms with Gasteiger partial charge in [0, 0.05) is 23.9 Å². The van der Waals surface area contributed by atoms with Crippen molar-refractivity contribution in [1.82, 2.24) is 4.90 Å². The molecule has 7 nitrogen and oxygen atoms in total. The Hall–Kier alpha value is -3.78. The first kappa shape index (κ1) is 23.4. The van der Waals surface area contributed by atoms with Gasteiger partial charge in [0.1, 0.15) is 10.6 Å². The molecular formula is C26H24N2O5S. The molecule has 174 valence electrons. The lowest BCUT2D eigenvalue weighted by atomic mass is 9.99. The second-order valence-corrected chi connectivity index (χ2v) is 8.86. The number of imide groups is 1. The largest absolute Gasteiger partial charge is 0.462 e. The van der Waals surface area contributed by atoms with E-state index in [0.717, 1.165) is 21.6 Å². The number of thiophene rings is 1. The van der Waals surface area contributed by atoms with E-state index < -0.39 is 23.7 Å². The first-order valence-electron chi connectivity index (χ1n) is 10.9. The van der Waals surface area contributed by atoms with E-state index in [1.54, 1.807) is 31.2 Å². The summed E-state index contributed by atoms with van der Waals surface area (Å²) in [5.41, 5.74) is 4.74. The van der Waals surface area contributed by atoms with Crippen LogP contribution in [0.1, 0.15) is 55.5 Å². The van der Waals surface area contributed by atoms with Gasteiger partial charge in [0.25, 0.3) is 11.8 Å². The number of carbonyl (C=O) groups is 4. The average Bonchev–Trinajstić information content (AvgIpc) is 3.34. The molecule has 0 radical (unpaired) electrons. The number of ether oxygens (including phenoxy) is 1. The fraction of sp³-hybridized carbons (Fsp3) is 0.231. The zero-order valence-electron chi connectivity index (χ0n) is 19.1. The van der Waals surface area contributed by atoms with Gasteiger partial charge in [-0.2, -0.15) is 0 Å². The molecule has 0 atom stereocenters. The van der Waals surface area contributed by atoms with Crippen molar-refractivity contribution in [2.75, 3.05) is 18.5 Å². The van der Waals surface area contributed by atoms with Crippen LogP contribution in [0, 0.1) is 13.8 Å². The number of benzene rings is 2. The summed E-state index contributed by atoms with van der Waals surface area (Å²) in [6, 6.07) is 12.5. The van der Waals surface area contributed by atoms with Gasteiger partial charge >= 0.3 is 5.97 Å². The summed E-state index contributed by atoms with van der Waals surface area (Å²) < 4.78 is 5.25. The summed E-state index contributed by atoms with van der Waals surface area (Å²) in [7, 11) is 0. The maximum atomic E-state index is 12.8. The molecular weight excluding hydrogens is 452 g/mol. The number of esters is 1. The molecule has 2 heterocycles. The van der Waals surface area contributed by atoms with Gasteiger partial charge in [-0.15, -0.1) is 11.3 Å². The highest BCUT2D eigenvalue weighted by Crippen LogP contribution is 2.37. The minimum absolute atomic E-state index is 0.0533. The minimum Gasteiger partial charge on any atom is -0.462 e. The Morgan fingerprint density at radius 3 is 2.26 bits per heavy atom. The van der Waals surface area contributed by atoms with E-state index in [2.05, 4.69) is 5.32 Å². The quantitative estimate of drug-likeness (QED) is 0.389. The van der Waals surface area contributed by atoms with Crippen LogP contribution in [0.15, 0.2) is 47.8 Å².